The van der Waals surface area contributed by atoms with E-state index in [1.165, 1.54) is 5.39 Å². The summed E-state index contributed by atoms with van der Waals surface area (Å²) in [5.74, 6) is 0.822. The average Bonchev–Trinajstić information content (AvgIpc) is 2.63. The van der Waals surface area contributed by atoms with Crippen LogP contribution >= 0.6 is 0 Å². The van der Waals surface area contributed by atoms with E-state index in [0.717, 1.165) is 11.3 Å². The minimum absolute atomic E-state index is 0.171. The summed E-state index contributed by atoms with van der Waals surface area (Å²) in [6.07, 6.45) is 1.86. The monoisotopic (exact) mass is 219 g/mol. The van der Waals surface area contributed by atoms with Crippen LogP contribution in [0, 0.1) is 0 Å². The molecule has 0 radical (unpaired) electrons. The fourth-order valence-electron chi connectivity index (χ4n) is 1.70. The van der Waals surface area contributed by atoms with E-state index in [4.69, 9.17) is 9.47 Å². The lowest BCUT2D eigenvalue weighted by atomic mass is 10.2. The molecule has 3 heteroatoms. The SMILES string of the molecule is CC(C)OC(C)Oc1ccc2cc[nH]c2c1. The van der Waals surface area contributed by atoms with Gasteiger partial charge in [-0.3, -0.25) is 0 Å². The number of aromatic nitrogens is 1. The first-order valence-corrected chi connectivity index (χ1v) is 5.54. The summed E-state index contributed by atoms with van der Waals surface area (Å²) < 4.78 is 11.2. The molecule has 0 bridgehead atoms. The average molecular weight is 219 g/mol. The molecule has 0 saturated heterocycles. The van der Waals surface area contributed by atoms with Crippen LogP contribution in [-0.4, -0.2) is 17.4 Å². The molecule has 1 N–H and O–H groups in total. The van der Waals surface area contributed by atoms with E-state index < -0.39 is 0 Å². The second-order valence-corrected chi connectivity index (χ2v) is 4.10. The second-order valence-electron chi connectivity index (χ2n) is 4.10. The van der Waals surface area contributed by atoms with Crippen molar-refractivity contribution < 1.29 is 9.47 Å². The molecule has 3 nitrogen and oxygen atoms in total. The minimum atomic E-state index is -0.229. The van der Waals surface area contributed by atoms with Crippen LogP contribution in [0.1, 0.15) is 20.8 Å². The number of ether oxygens (including phenoxy) is 2. The van der Waals surface area contributed by atoms with Crippen molar-refractivity contribution in [2.24, 2.45) is 0 Å². The smallest absolute Gasteiger partial charge is 0.197 e. The zero-order chi connectivity index (χ0) is 11.5. The number of nitrogens with one attached hydrogen (secondary N) is 1. The van der Waals surface area contributed by atoms with Crippen LogP contribution in [0.2, 0.25) is 0 Å². The Hall–Kier alpha value is -1.48. The van der Waals surface area contributed by atoms with E-state index in [1.807, 2.05) is 51.2 Å². The van der Waals surface area contributed by atoms with Crippen molar-refractivity contribution in [3.05, 3.63) is 30.5 Å². The standard InChI is InChI=1S/C13H17NO2/c1-9(2)15-10(3)16-12-5-4-11-6-7-14-13(11)8-12/h4-10,14H,1-3H3. The van der Waals surface area contributed by atoms with Crippen LogP contribution in [-0.2, 0) is 4.74 Å². The zero-order valence-electron chi connectivity index (χ0n) is 9.86. The summed E-state index contributed by atoms with van der Waals surface area (Å²) in [6.45, 7) is 5.89. The predicted molar refractivity (Wildman–Crippen MR) is 64.6 cm³/mol. The fourth-order valence-corrected chi connectivity index (χ4v) is 1.70. The normalized spacial score (nSPS) is 13.2. The Kier molecular flexibility index (Phi) is 3.15. The Labute approximate surface area is 95.4 Å². The van der Waals surface area contributed by atoms with E-state index >= 15 is 0 Å². The Morgan fingerprint density at radius 2 is 1.94 bits per heavy atom. The molecule has 0 amide bonds. The van der Waals surface area contributed by atoms with E-state index in [0.29, 0.717) is 0 Å². The Morgan fingerprint density at radius 1 is 1.12 bits per heavy atom. The molecule has 0 spiro atoms. The maximum absolute atomic E-state index is 5.66. The maximum Gasteiger partial charge on any atom is 0.197 e. The molecule has 86 valence electrons. The van der Waals surface area contributed by atoms with Gasteiger partial charge in [0.2, 0.25) is 0 Å². The van der Waals surface area contributed by atoms with Gasteiger partial charge in [0.25, 0.3) is 0 Å². The molecule has 0 fully saturated rings. The van der Waals surface area contributed by atoms with Crippen LogP contribution in [0.15, 0.2) is 30.5 Å². The van der Waals surface area contributed by atoms with Gasteiger partial charge in [-0.1, -0.05) is 0 Å². The van der Waals surface area contributed by atoms with Crippen LogP contribution in [0.4, 0.5) is 0 Å². The molecule has 1 heterocycles. The first-order chi connectivity index (χ1) is 7.65. The van der Waals surface area contributed by atoms with Gasteiger partial charge in [-0.2, -0.15) is 0 Å². The van der Waals surface area contributed by atoms with E-state index in [9.17, 15) is 0 Å². The van der Waals surface area contributed by atoms with Gasteiger partial charge < -0.3 is 14.5 Å². The number of hydrogen-bond donors (Lipinski definition) is 1. The molecular weight excluding hydrogens is 202 g/mol. The van der Waals surface area contributed by atoms with Crippen molar-refractivity contribution in [3.8, 4) is 5.75 Å². The quantitative estimate of drug-likeness (QED) is 0.800. The van der Waals surface area contributed by atoms with Gasteiger partial charge in [-0.25, -0.2) is 0 Å². The third-order valence-corrected chi connectivity index (χ3v) is 2.29. The molecule has 16 heavy (non-hydrogen) atoms. The van der Waals surface area contributed by atoms with Crippen molar-refractivity contribution in [3.63, 3.8) is 0 Å². The number of hydrogen-bond acceptors (Lipinski definition) is 2. The highest BCUT2D eigenvalue weighted by Crippen LogP contribution is 2.20. The van der Waals surface area contributed by atoms with Gasteiger partial charge in [-0.15, -0.1) is 0 Å². The van der Waals surface area contributed by atoms with Gasteiger partial charge >= 0.3 is 0 Å². The Balaban J connectivity index is 2.08. The van der Waals surface area contributed by atoms with Crippen molar-refractivity contribution in [1.29, 1.82) is 0 Å². The minimum Gasteiger partial charge on any atom is -0.465 e. The molecule has 1 unspecified atom stereocenters. The highest BCUT2D eigenvalue weighted by atomic mass is 16.7. The summed E-state index contributed by atoms with van der Waals surface area (Å²) in [4.78, 5) is 3.15. The summed E-state index contributed by atoms with van der Waals surface area (Å²) in [6, 6.07) is 8.00. The molecule has 1 atom stereocenters. The molecule has 0 aliphatic heterocycles. The van der Waals surface area contributed by atoms with Crippen molar-refractivity contribution in [2.45, 2.75) is 33.2 Å². The Morgan fingerprint density at radius 3 is 2.69 bits per heavy atom. The van der Waals surface area contributed by atoms with Crippen molar-refractivity contribution >= 4 is 10.9 Å². The van der Waals surface area contributed by atoms with E-state index in [2.05, 4.69) is 4.98 Å². The summed E-state index contributed by atoms with van der Waals surface area (Å²) in [7, 11) is 0. The lowest BCUT2D eigenvalue weighted by Gasteiger charge is -2.17. The summed E-state index contributed by atoms with van der Waals surface area (Å²) >= 11 is 0. The molecule has 1 aromatic carbocycles. The van der Waals surface area contributed by atoms with Crippen LogP contribution in [0.3, 0.4) is 0 Å². The van der Waals surface area contributed by atoms with Crippen LogP contribution in [0.25, 0.3) is 10.9 Å². The number of rotatable bonds is 4. The lowest BCUT2D eigenvalue weighted by Crippen LogP contribution is -2.20. The largest absolute Gasteiger partial charge is 0.465 e. The molecule has 2 aromatic rings. The topological polar surface area (TPSA) is 34.2 Å². The highest BCUT2D eigenvalue weighted by Gasteiger charge is 2.06. The van der Waals surface area contributed by atoms with E-state index in [1.54, 1.807) is 0 Å². The highest BCUT2D eigenvalue weighted by molar-refractivity contribution is 5.80. The maximum atomic E-state index is 5.66. The van der Waals surface area contributed by atoms with Gasteiger partial charge in [0.15, 0.2) is 6.29 Å². The zero-order valence-corrected chi connectivity index (χ0v) is 9.86. The van der Waals surface area contributed by atoms with E-state index in [-0.39, 0.29) is 12.4 Å². The molecule has 0 aliphatic rings. The number of fused-ring (bicyclic) bond motifs is 1. The van der Waals surface area contributed by atoms with Gasteiger partial charge in [0.05, 0.1) is 6.10 Å². The predicted octanol–water partition coefficient (Wildman–Crippen LogP) is 3.32. The van der Waals surface area contributed by atoms with Gasteiger partial charge in [0.1, 0.15) is 5.75 Å². The second kappa shape index (κ2) is 4.58. The molecule has 0 aliphatic carbocycles. The summed E-state index contributed by atoms with van der Waals surface area (Å²) in [5.41, 5.74) is 1.08. The molecule has 0 saturated carbocycles. The fraction of sp³-hybridized carbons (Fsp3) is 0.385. The van der Waals surface area contributed by atoms with Gasteiger partial charge in [0, 0.05) is 17.8 Å². The van der Waals surface area contributed by atoms with Crippen LogP contribution in [0.5, 0.6) is 5.75 Å². The first-order valence-electron chi connectivity index (χ1n) is 5.54. The van der Waals surface area contributed by atoms with Crippen molar-refractivity contribution in [2.75, 3.05) is 0 Å². The third kappa shape index (κ3) is 2.55. The van der Waals surface area contributed by atoms with Crippen LogP contribution < -0.4 is 4.74 Å². The molecule has 1 aromatic heterocycles. The number of H-pyrrole nitrogens is 1. The molecule has 2 rings (SSSR count). The number of aromatic amines is 1. The Bertz CT molecular complexity index is 462. The lowest BCUT2D eigenvalue weighted by molar-refractivity contribution is -0.0950. The van der Waals surface area contributed by atoms with Crippen molar-refractivity contribution in [1.82, 2.24) is 4.98 Å². The number of benzene rings is 1. The summed E-state index contributed by atoms with van der Waals surface area (Å²) in [5, 5.41) is 1.18. The van der Waals surface area contributed by atoms with Gasteiger partial charge in [-0.05, 0) is 44.4 Å². The third-order valence-electron chi connectivity index (χ3n) is 2.29. The molecular formula is C13H17NO2. The first kappa shape index (κ1) is 11.0.